The summed E-state index contributed by atoms with van der Waals surface area (Å²) >= 11 is 0. The number of likely N-dealkylation sites (tertiary alicyclic amines) is 1. The number of fused-ring (bicyclic) bond motifs is 4. The number of aromatic nitrogens is 2. The molecular weight excluding hydrogens is 462 g/mol. The van der Waals surface area contributed by atoms with E-state index in [2.05, 4.69) is 31.5 Å². The molecular formula is C27H35N3O4S. The van der Waals surface area contributed by atoms with Crippen LogP contribution in [0.5, 0.6) is 5.75 Å². The molecule has 4 aliphatic rings. The third-order valence-corrected chi connectivity index (χ3v) is 10.4. The van der Waals surface area contributed by atoms with Gasteiger partial charge in [-0.15, -0.1) is 0 Å². The SMILES string of the molecule is Cn1c([C@H]2CC[S@@](=O)C(C)(C)C2)nc2c1C1(CCN(C(=O)OCC3CC3)CC1)Oc1ccccc1-2. The molecule has 3 fully saturated rings. The highest BCUT2D eigenvalue weighted by Crippen LogP contribution is 2.51. The number of nitrogens with zero attached hydrogens (tertiary/aromatic N) is 3. The third-order valence-electron chi connectivity index (χ3n) is 8.35. The molecule has 2 atom stereocenters. The van der Waals surface area contributed by atoms with Crippen molar-refractivity contribution in [1.82, 2.24) is 14.5 Å². The lowest BCUT2D eigenvalue weighted by atomic mass is 9.83. The Labute approximate surface area is 209 Å². The summed E-state index contributed by atoms with van der Waals surface area (Å²) in [4.78, 5) is 19.7. The van der Waals surface area contributed by atoms with E-state index in [4.69, 9.17) is 14.5 Å². The highest BCUT2D eigenvalue weighted by molar-refractivity contribution is 7.86. The first kappa shape index (κ1) is 23.1. The summed E-state index contributed by atoms with van der Waals surface area (Å²) in [6, 6.07) is 8.15. The number of benzene rings is 1. The second kappa shape index (κ2) is 8.36. The molecule has 8 heteroatoms. The van der Waals surface area contributed by atoms with Crippen LogP contribution in [0.2, 0.25) is 0 Å². The average molecular weight is 498 g/mol. The van der Waals surface area contributed by atoms with Crippen LogP contribution in [0, 0.1) is 5.92 Å². The Morgan fingerprint density at radius 3 is 2.66 bits per heavy atom. The molecule has 6 rings (SSSR count). The molecule has 1 saturated carbocycles. The van der Waals surface area contributed by atoms with Crippen LogP contribution in [-0.4, -0.2) is 54.9 Å². The number of piperidine rings is 1. The number of ether oxygens (including phenoxy) is 2. The molecule has 0 unspecified atom stereocenters. The van der Waals surface area contributed by atoms with Gasteiger partial charge in [-0.1, -0.05) is 12.1 Å². The van der Waals surface area contributed by atoms with Crippen LogP contribution in [0.3, 0.4) is 0 Å². The van der Waals surface area contributed by atoms with Crippen LogP contribution in [0.15, 0.2) is 24.3 Å². The number of rotatable bonds is 3. The Hall–Kier alpha value is -2.35. The molecule has 1 spiro atoms. The number of hydrogen-bond acceptors (Lipinski definition) is 5. The zero-order chi connectivity index (χ0) is 24.4. The first-order valence-electron chi connectivity index (χ1n) is 12.9. The van der Waals surface area contributed by atoms with Crippen molar-refractivity contribution in [3.8, 4) is 17.0 Å². The molecule has 35 heavy (non-hydrogen) atoms. The topological polar surface area (TPSA) is 73.7 Å². The van der Waals surface area contributed by atoms with Crippen LogP contribution >= 0.6 is 0 Å². The number of carbonyl (C=O) groups excluding carboxylic acids is 1. The third kappa shape index (κ3) is 3.98. The van der Waals surface area contributed by atoms with E-state index in [1.165, 1.54) is 12.8 Å². The minimum absolute atomic E-state index is 0.202. The lowest BCUT2D eigenvalue weighted by Crippen LogP contribution is -2.50. The summed E-state index contributed by atoms with van der Waals surface area (Å²) in [6.45, 7) is 5.95. The summed E-state index contributed by atoms with van der Waals surface area (Å²) in [5.74, 6) is 3.46. The van der Waals surface area contributed by atoms with E-state index in [0.717, 1.165) is 41.4 Å². The smallest absolute Gasteiger partial charge is 0.409 e. The monoisotopic (exact) mass is 497 g/mol. The van der Waals surface area contributed by atoms with Crippen molar-refractivity contribution < 1.29 is 18.5 Å². The summed E-state index contributed by atoms with van der Waals surface area (Å²) < 4.78 is 26.9. The predicted octanol–water partition coefficient (Wildman–Crippen LogP) is 4.72. The van der Waals surface area contributed by atoms with Crippen LogP contribution in [0.4, 0.5) is 4.79 Å². The second-order valence-electron chi connectivity index (χ2n) is 11.3. The molecule has 0 radical (unpaired) electrons. The fourth-order valence-electron chi connectivity index (χ4n) is 6.09. The van der Waals surface area contributed by atoms with Gasteiger partial charge in [-0.25, -0.2) is 9.78 Å². The molecule has 188 valence electrons. The molecule has 4 heterocycles. The second-order valence-corrected chi connectivity index (χ2v) is 13.5. The van der Waals surface area contributed by atoms with E-state index < -0.39 is 16.4 Å². The largest absolute Gasteiger partial charge is 0.480 e. The molecule has 1 aromatic carbocycles. The van der Waals surface area contributed by atoms with E-state index in [9.17, 15) is 9.00 Å². The lowest BCUT2D eigenvalue weighted by Gasteiger charge is -2.44. The molecule has 7 nitrogen and oxygen atoms in total. The van der Waals surface area contributed by atoms with Crippen LogP contribution in [0.1, 0.15) is 69.8 Å². The van der Waals surface area contributed by atoms with Crippen molar-refractivity contribution in [2.75, 3.05) is 25.4 Å². The number of imidazole rings is 1. The van der Waals surface area contributed by atoms with E-state index >= 15 is 0 Å². The van der Waals surface area contributed by atoms with Crippen molar-refractivity contribution in [3.63, 3.8) is 0 Å². The van der Waals surface area contributed by atoms with E-state index in [0.29, 0.717) is 44.2 Å². The van der Waals surface area contributed by atoms with E-state index in [1.807, 2.05) is 23.1 Å². The molecule has 1 aliphatic carbocycles. The molecule has 3 aliphatic heterocycles. The molecule has 2 aromatic rings. The Kier molecular flexibility index (Phi) is 5.51. The maximum absolute atomic E-state index is 12.6. The van der Waals surface area contributed by atoms with Crippen molar-refractivity contribution in [3.05, 3.63) is 35.8 Å². The van der Waals surface area contributed by atoms with Gasteiger partial charge in [0.15, 0.2) is 5.60 Å². The van der Waals surface area contributed by atoms with E-state index in [1.54, 1.807) is 0 Å². The first-order chi connectivity index (χ1) is 16.8. The summed E-state index contributed by atoms with van der Waals surface area (Å²) in [7, 11) is 1.30. The quantitative estimate of drug-likeness (QED) is 0.613. The Morgan fingerprint density at radius 1 is 1.20 bits per heavy atom. The van der Waals surface area contributed by atoms with Gasteiger partial charge in [0.05, 0.1) is 18.0 Å². The van der Waals surface area contributed by atoms with Gasteiger partial charge >= 0.3 is 6.09 Å². The van der Waals surface area contributed by atoms with Crippen molar-refractivity contribution in [2.45, 2.75) is 68.6 Å². The van der Waals surface area contributed by atoms with Gasteiger partial charge in [-0.05, 0) is 57.6 Å². The van der Waals surface area contributed by atoms with Gasteiger partial charge < -0.3 is 18.9 Å². The predicted molar refractivity (Wildman–Crippen MR) is 135 cm³/mol. The van der Waals surface area contributed by atoms with Gasteiger partial charge in [-0.3, -0.25) is 4.21 Å². The zero-order valence-corrected chi connectivity index (χ0v) is 21.7. The number of amides is 1. The van der Waals surface area contributed by atoms with Crippen molar-refractivity contribution >= 4 is 16.9 Å². The number of carbonyl (C=O) groups is 1. The van der Waals surface area contributed by atoms with Crippen LogP contribution in [0.25, 0.3) is 11.3 Å². The number of para-hydroxylation sites is 1. The molecule has 0 N–H and O–H groups in total. The standard InChI is InChI=1S/C27H35N3O4S/c1-26(2)16-19(10-15-35(26)32)24-28-22-20-6-4-5-7-21(20)34-27(23(22)29(24)3)11-13-30(14-12-27)25(31)33-17-18-8-9-18/h4-7,18-19H,8-17H2,1-3H3/t19-,35+/m0/s1. The lowest BCUT2D eigenvalue weighted by molar-refractivity contribution is -0.0111. The highest BCUT2D eigenvalue weighted by Gasteiger charge is 2.49. The van der Waals surface area contributed by atoms with Gasteiger partial charge in [0.2, 0.25) is 0 Å². The first-order valence-corrected chi connectivity index (χ1v) is 14.2. The highest BCUT2D eigenvalue weighted by atomic mass is 32.2. The average Bonchev–Trinajstić information content (AvgIpc) is 3.60. The maximum atomic E-state index is 12.6. The fourth-order valence-corrected chi connectivity index (χ4v) is 7.53. The van der Waals surface area contributed by atoms with Crippen molar-refractivity contribution in [2.24, 2.45) is 13.0 Å². The minimum atomic E-state index is -0.809. The van der Waals surface area contributed by atoms with Gasteiger partial charge in [0.1, 0.15) is 11.6 Å². The van der Waals surface area contributed by atoms with Crippen LogP contribution < -0.4 is 4.74 Å². The van der Waals surface area contributed by atoms with Gasteiger partial charge in [0, 0.05) is 65.8 Å². The summed E-state index contributed by atoms with van der Waals surface area (Å²) in [5, 5.41) is 0. The molecule has 2 saturated heterocycles. The number of hydrogen-bond donors (Lipinski definition) is 0. The van der Waals surface area contributed by atoms with E-state index in [-0.39, 0.29) is 16.8 Å². The van der Waals surface area contributed by atoms with Gasteiger partial charge in [0.25, 0.3) is 0 Å². The maximum Gasteiger partial charge on any atom is 0.409 e. The van der Waals surface area contributed by atoms with Gasteiger partial charge in [-0.2, -0.15) is 0 Å². The molecule has 1 amide bonds. The Balaban J connectivity index is 1.32. The normalized spacial score (nSPS) is 26.5. The summed E-state index contributed by atoms with van der Waals surface area (Å²) in [5.41, 5.74) is 2.62. The molecule has 0 bridgehead atoms. The zero-order valence-electron chi connectivity index (χ0n) is 20.9. The molecule has 1 aromatic heterocycles. The summed E-state index contributed by atoms with van der Waals surface area (Å²) in [6.07, 6.45) is 5.28. The van der Waals surface area contributed by atoms with Crippen molar-refractivity contribution in [1.29, 1.82) is 0 Å². The van der Waals surface area contributed by atoms with Crippen LogP contribution in [-0.2, 0) is 28.2 Å². The minimum Gasteiger partial charge on any atom is -0.480 e. The fraction of sp³-hybridized carbons (Fsp3) is 0.630. The Morgan fingerprint density at radius 2 is 1.94 bits per heavy atom. The Bertz CT molecular complexity index is 1180.